The number of hydrogen-bond acceptors (Lipinski definition) is 6. The molecule has 0 bridgehead atoms. The van der Waals surface area contributed by atoms with Crippen LogP contribution in [0.5, 0.6) is 0 Å². The zero-order chi connectivity index (χ0) is 6.85. The molecule has 0 aromatic heterocycles. The van der Waals surface area contributed by atoms with Gasteiger partial charge in [0.05, 0.1) is 0 Å². The van der Waals surface area contributed by atoms with E-state index in [0.717, 1.165) is 0 Å². The Hall–Kier alpha value is 1.05. The standard InChI is InChI=1S/H9N6P3/c1-7-4-8(2)6-9(3)5-7/h4-6H,1-3H2. The molecule has 1 aliphatic heterocycles. The van der Waals surface area contributed by atoms with Crippen molar-refractivity contribution in [1.29, 1.82) is 0 Å². The number of nitrogens with one attached hydrogen (secondary N) is 3. The molecule has 6 nitrogen and oxygen atoms in total. The minimum atomic E-state index is -0.825. The predicted molar refractivity (Wildman–Crippen MR) is 42.7 cm³/mol. The van der Waals surface area contributed by atoms with Crippen LogP contribution in [-0.4, -0.2) is 0 Å². The van der Waals surface area contributed by atoms with Crippen molar-refractivity contribution in [3.63, 3.8) is 0 Å². The molecule has 9 N–H and O–H groups in total. The molecule has 1 rings (SSSR count). The Labute approximate surface area is 57.0 Å². The van der Waals surface area contributed by atoms with Crippen LogP contribution in [0.3, 0.4) is 0 Å². The second-order valence-electron chi connectivity index (χ2n) is 1.41. The van der Waals surface area contributed by atoms with Crippen molar-refractivity contribution in [3.05, 3.63) is 0 Å². The molecule has 0 aromatic carbocycles. The Balaban J connectivity index is 2.34. The fourth-order valence-corrected chi connectivity index (χ4v) is 4.95. The third kappa shape index (κ3) is 2.64. The maximum absolute atomic E-state index is 5.49. The lowest BCUT2D eigenvalue weighted by molar-refractivity contribution is 1.30. The first-order valence-corrected chi connectivity index (χ1v) is 6.35. The van der Waals surface area contributed by atoms with E-state index in [0.29, 0.717) is 0 Å². The van der Waals surface area contributed by atoms with Gasteiger partial charge in [-0.3, -0.25) is 16.5 Å². The van der Waals surface area contributed by atoms with E-state index >= 15 is 0 Å². The molecule has 1 saturated heterocycles. The molecule has 0 aliphatic carbocycles. The molecular formula is H9N6P3. The van der Waals surface area contributed by atoms with E-state index in [4.69, 9.17) is 16.5 Å². The van der Waals surface area contributed by atoms with E-state index in [2.05, 4.69) is 14.6 Å². The van der Waals surface area contributed by atoms with E-state index in [1.54, 1.807) is 0 Å². The van der Waals surface area contributed by atoms with Crippen LogP contribution in [0.25, 0.3) is 0 Å². The highest BCUT2D eigenvalue weighted by Crippen LogP contribution is 2.43. The Kier molecular flexibility index (Phi) is 3.12. The highest BCUT2D eigenvalue weighted by Gasteiger charge is 2.19. The Bertz CT molecular complexity index is 69.3. The summed E-state index contributed by atoms with van der Waals surface area (Å²) >= 11 is 0. The second kappa shape index (κ2) is 3.44. The van der Waals surface area contributed by atoms with Crippen molar-refractivity contribution >= 4 is 25.1 Å². The SMILES string of the molecule is NP1NP(N)NP(N)N1. The van der Waals surface area contributed by atoms with Crippen LogP contribution in [0, 0.1) is 0 Å². The van der Waals surface area contributed by atoms with Crippen molar-refractivity contribution in [2.24, 2.45) is 16.5 Å². The van der Waals surface area contributed by atoms with Gasteiger partial charge in [0.25, 0.3) is 0 Å². The minimum Gasteiger partial charge on any atom is -0.285 e. The molecule has 0 saturated carbocycles. The first-order valence-electron chi connectivity index (χ1n) is 2.12. The predicted octanol–water partition coefficient (Wildman–Crippen LogP) is -0.674. The van der Waals surface area contributed by atoms with Crippen molar-refractivity contribution < 1.29 is 0 Å². The van der Waals surface area contributed by atoms with Gasteiger partial charge in [0.2, 0.25) is 0 Å². The third-order valence-electron chi connectivity index (χ3n) is 0.646. The van der Waals surface area contributed by atoms with Gasteiger partial charge in [0.1, 0.15) is 25.1 Å². The fourth-order valence-electron chi connectivity index (χ4n) is 0.415. The van der Waals surface area contributed by atoms with Crippen LogP contribution in [0.15, 0.2) is 0 Å². The molecule has 9 heavy (non-hydrogen) atoms. The van der Waals surface area contributed by atoms with E-state index in [1.807, 2.05) is 0 Å². The van der Waals surface area contributed by atoms with E-state index in [9.17, 15) is 0 Å². The summed E-state index contributed by atoms with van der Waals surface area (Å²) in [7, 11) is -2.48. The number of nitrogens with two attached hydrogens (primary N) is 3. The van der Waals surface area contributed by atoms with Crippen LogP contribution in [0.1, 0.15) is 0 Å². The second-order valence-corrected chi connectivity index (χ2v) is 6.03. The van der Waals surface area contributed by atoms with Gasteiger partial charge in [-0.2, -0.15) is 0 Å². The van der Waals surface area contributed by atoms with Crippen molar-refractivity contribution in [2.45, 2.75) is 0 Å². The van der Waals surface area contributed by atoms with E-state index in [-0.39, 0.29) is 0 Å². The zero-order valence-corrected chi connectivity index (χ0v) is 7.26. The number of hydrogen-bond donors (Lipinski definition) is 6. The molecule has 1 fully saturated rings. The van der Waals surface area contributed by atoms with Crippen LogP contribution in [0.4, 0.5) is 0 Å². The van der Waals surface area contributed by atoms with Crippen LogP contribution < -0.4 is 31.1 Å². The summed E-state index contributed by atoms with van der Waals surface area (Å²) in [5.74, 6) is 0. The monoisotopic (exact) mass is 186 g/mol. The van der Waals surface area contributed by atoms with Crippen molar-refractivity contribution in [1.82, 2.24) is 14.6 Å². The normalized spacial score (nSPS) is 45.0. The first kappa shape index (κ1) is 8.15. The quantitative estimate of drug-likeness (QED) is 0.279. The topological polar surface area (TPSA) is 114 Å². The van der Waals surface area contributed by atoms with Crippen molar-refractivity contribution in [2.75, 3.05) is 0 Å². The molecule has 0 spiro atoms. The van der Waals surface area contributed by atoms with Gasteiger partial charge in [-0.25, -0.2) is 14.6 Å². The fraction of sp³-hybridized carbons (Fsp3) is 0. The molecule has 0 aromatic rings. The lowest BCUT2D eigenvalue weighted by Crippen LogP contribution is -2.34. The Morgan fingerprint density at radius 3 is 1.11 bits per heavy atom. The molecule has 1 aliphatic rings. The van der Waals surface area contributed by atoms with Gasteiger partial charge in [-0.05, 0) is 0 Å². The van der Waals surface area contributed by atoms with Crippen LogP contribution >= 0.6 is 25.1 Å². The van der Waals surface area contributed by atoms with Gasteiger partial charge in [-0.1, -0.05) is 0 Å². The minimum absolute atomic E-state index is 0.825. The number of rotatable bonds is 0. The molecule has 0 amide bonds. The van der Waals surface area contributed by atoms with E-state index < -0.39 is 25.1 Å². The Morgan fingerprint density at radius 1 is 0.667 bits per heavy atom. The van der Waals surface area contributed by atoms with Crippen LogP contribution in [-0.2, 0) is 0 Å². The summed E-state index contributed by atoms with van der Waals surface area (Å²) in [4.78, 5) is 8.73. The summed E-state index contributed by atoms with van der Waals surface area (Å²) in [6.07, 6.45) is 0. The molecule has 0 unspecified atom stereocenters. The Morgan fingerprint density at radius 2 is 0.889 bits per heavy atom. The first-order chi connectivity index (χ1) is 4.18. The van der Waals surface area contributed by atoms with Gasteiger partial charge >= 0.3 is 0 Å². The summed E-state index contributed by atoms with van der Waals surface area (Å²) in [6, 6.07) is 0. The molecule has 0 radical (unpaired) electrons. The highest BCUT2D eigenvalue weighted by molar-refractivity contribution is 7.81. The molecule has 0 atom stereocenters. The summed E-state index contributed by atoms with van der Waals surface area (Å²) in [5, 5.41) is 0. The van der Waals surface area contributed by atoms with Gasteiger partial charge in [0.15, 0.2) is 0 Å². The zero-order valence-electron chi connectivity index (χ0n) is 4.57. The third-order valence-corrected chi connectivity index (χ3v) is 5.82. The van der Waals surface area contributed by atoms with Crippen molar-refractivity contribution in [3.8, 4) is 0 Å². The van der Waals surface area contributed by atoms with Gasteiger partial charge in [0, 0.05) is 0 Å². The van der Waals surface area contributed by atoms with Gasteiger partial charge in [-0.15, -0.1) is 0 Å². The van der Waals surface area contributed by atoms with E-state index in [1.165, 1.54) is 0 Å². The smallest absolute Gasteiger partial charge is 0.120 e. The van der Waals surface area contributed by atoms with Gasteiger partial charge < -0.3 is 0 Å². The highest BCUT2D eigenvalue weighted by atomic mass is 31.3. The molecule has 9 heteroatoms. The molecular weight excluding hydrogens is 177 g/mol. The largest absolute Gasteiger partial charge is 0.285 e. The molecule has 1 heterocycles. The average molecular weight is 186 g/mol. The molecule has 54 valence electrons. The lowest BCUT2D eigenvalue weighted by atomic mass is 13.7. The maximum Gasteiger partial charge on any atom is 0.120 e. The summed E-state index contributed by atoms with van der Waals surface area (Å²) in [5.41, 5.74) is 16.5. The summed E-state index contributed by atoms with van der Waals surface area (Å²) in [6.45, 7) is 0. The van der Waals surface area contributed by atoms with Crippen LogP contribution in [0.2, 0.25) is 0 Å². The lowest BCUT2D eigenvalue weighted by Gasteiger charge is -2.30. The summed E-state index contributed by atoms with van der Waals surface area (Å²) < 4.78 is 0. The average Bonchev–Trinajstić information content (AvgIpc) is 1.59. The maximum atomic E-state index is 5.49.